The van der Waals surface area contributed by atoms with E-state index in [-0.39, 0.29) is 0 Å². The first kappa shape index (κ1) is 24.2. The Labute approximate surface area is 220 Å². The fraction of sp³-hybridized carbons (Fsp3) is 0.179. The van der Waals surface area contributed by atoms with Crippen LogP contribution in [0.2, 0.25) is 0 Å². The Bertz CT molecular complexity index is 1440. The van der Waals surface area contributed by atoms with Crippen molar-refractivity contribution in [2.24, 2.45) is 20.5 Å². The van der Waals surface area contributed by atoms with E-state index >= 15 is 0 Å². The van der Waals surface area contributed by atoms with Crippen LogP contribution in [0.4, 0.5) is 38.4 Å². The van der Waals surface area contributed by atoms with Crippen LogP contribution in [0.15, 0.2) is 99.3 Å². The lowest BCUT2D eigenvalue weighted by Gasteiger charge is -2.14. The number of aryl methyl sites for hydroxylation is 1. The molecule has 0 aliphatic carbocycles. The van der Waals surface area contributed by atoms with Crippen molar-refractivity contribution in [3.8, 4) is 6.07 Å². The first-order valence-corrected chi connectivity index (χ1v) is 12.9. The largest absolute Gasteiger partial charge is 0.363 e. The van der Waals surface area contributed by atoms with Crippen LogP contribution in [0, 0.1) is 18.3 Å². The molecule has 0 amide bonds. The Hall–Kier alpha value is -4.55. The second-order valence-corrected chi connectivity index (χ2v) is 9.72. The second kappa shape index (κ2) is 11.5. The highest BCUT2D eigenvalue weighted by atomic mass is 32.1. The number of rotatable bonds is 8. The van der Waals surface area contributed by atoms with Crippen LogP contribution in [0.1, 0.15) is 24.0 Å². The first-order chi connectivity index (χ1) is 18.2. The lowest BCUT2D eigenvalue weighted by Crippen LogP contribution is -2.15. The monoisotopic (exact) mass is 506 g/mol. The quantitative estimate of drug-likeness (QED) is 0.184. The molecule has 4 aromatic rings. The molecule has 1 aromatic heterocycles. The molecular formula is C28H26N8S. The highest BCUT2D eigenvalue weighted by molar-refractivity contribution is 7.20. The van der Waals surface area contributed by atoms with E-state index in [1.807, 2.05) is 49.4 Å². The van der Waals surface area contributed by atoms with Gasteiger partial charge in [0.1, 0.15) is 5.00 Å². The highest BCUT2D eigenvalue weighted by Crippen LogP contribution is 2.32. The number of benzene rings is 3. The minimum atomic E-state index is 0.594. The highest BCUT2D eigenvalue weighted by Gasteiger charge is 2.14. The average Bonchev–Trinajstić information content (AvgIpc) is 3.64. The molecule has 2 N–H and O–H groups in total. The molecule has 0 bridgehead atoms. The summed E-state index contributed by atoms with van der Waals surface area (Å²) in [7, 11) is 0. The number of hydrogen-bond acceptors (Lipinski definition) is 9. The van der Waals surface area contributed by atoms with Crippen LogP contribution in [-0.2, 0) is 0 Å². The van der Waals surface area contributed by atoms with E-state index in [2.05, 4.69) is 54.4 Å². The molecule has 184 valence electrons. The van der Waals surface area contributed by atoms with Gasteiger partial charge in [-0.3, -0.25) is 5.43 Å². The fourth-order valence-electron chi connectivity index (χ4n) is 3.90. The predicted molar refractivity (Wildman–Crippen MR) is 150 cm³/mol. The molecule has 0 atom stereocenters. The van der Waals surface area contributed by atoms with Gasteiger partial charge in [-0.15, -0.1) is 0 Å². The Balaban J connectivity index is 1.15. The van der Waals surface area contributed by atoms with Gasteiger partial charge in [-0.1, -0.05) is 11.3 Å². The molecule has 1 fully saturated rings. The molecule has 1 saturated heterocycles. The summed E-state index contributed by atoms with van der Waals surface area (Å²) in [6.45, 7) is 4.32. The van der Waals surface area contributed by atoms with E-state index in [0.717, 1.165) is 40.7 Å². The third kappa shape index (κ3) is 6.37. The van der Waals surface area contributed by atoms with Gasteiger partial charge in [0, 0.05) is 13.1 Å². The van der Waals surface area contributed by atoms with Gasteiger partial charge in [0.05, 0.1) is 45.1 Å². The summed E-state index contributed by atoms with van der Waals surface area (Å²) in [6.07, 6.45) is 2.56. The predicted octanol–water partition coefficient (Wildman–Crippen LogP) is 8.80. The van der Waals surface area contributed by atoms with Crippen LogP contribution in [0.5, 0.6) is 0 Å². The van der Waals surface area contributed by atoms with Crippen molar-refractivity contribution in [3.05, 3.63) is 90.0 Å². The summed E-state index contributed by atoms with van der Waals surface area (Å²) >= 11 is 1.76. The summed E-state index contributed by atoms with van der Waals surface area (Å²) in [6, 6.07) is 26.7. The lowest BCUT2D eigenvalue weighted by molar-refractivity contribution is 0.949. The van der Waals surface area contributed by atoms with Crippen LogP contribution in [0.3, 0.4) is 0 Å². The molecule has 0 spiro atoms. The number of nitriles is 1. The molecule has 2 heterocycles. The smallest absolute Gasteiger partial charge is 0.109 e. The maximum Gasteiger partial charge on any atom is 0.109 e. The van der Waals surface area contributed by atoms with Gasteiger partial charge in [-0.05, 0) is 104 Å². The van der Waals surface area contributed by atoms with Gasteiger partial charge in [-0.2, -0.15) is 25.7 Å². The van der Waals surface area contributed by atoms with Crippen LogP contribution in [-0.4, -0.2) is 13.1 Å². The summed E-state index contributed by atoms with van der Waals surface area (Å²) in [5, 5.41) is 28.5. The number of anilines is 3. The molecule has 0 unspecified atom stereocenters. The molecule has 37 heavy (non-hydrogen) atoms. The minimum Gasteiger partial charge on any atom is -0.363 e. The van der Waals surface area contributed by atoms with Gasteiger partial charge in [0.25, 0.3) is 0 Å². The van der Waals surface area contributed by atoms with Crippen molar-refractivity contribution >= 4 is 49.8 Å². The normalized spacial score (nSPS) is 13.4. The maximum atomic E-state index is 8.87. The van der Waals surface area contributed by atoms with Crippen molar-refractivity contribution in [3.63, 3.8) is 0 Å². The summed E-state index contributed by atoms with van der Waals surface area (Å²) < 4.78 is 0. The van der Waals surface area contributed by atoms with Crippen LogP contribution >= 0.6 is 11.3 Å². The average molecular weight is 507 g/mol. The zero-order valence-electron chi connectivity index (χ0n) is 20.4. The lowest BCUT2D eigenvalue weighted by atomic mass is 10.2. The SMILES string of the molecule is Cc1cc(NNc2ccc(N3CCCC3)s2)ccc1N=Nc1ccc(N=Nc2ccc(C#N)cc2)cc1. The first-order valence-electron chi connectivity index (χ1n) is 12.1. The van der Waals surface area contributed by atoms with E-state index in [4.69, 9.17) is 5.26 Å². The van der Waals surface area contributed by atoms with Crippen molar-refractivity contribution in [2.75, 3.05) is 28.8 Å². The summed E-state index contributed by atoms with van der Waals surface area (Å²) in [5.74, 6) is 0. The van der Waals surface area contributed by atoms with E-state index in [9.17, 15) is 0 Å². The molecule has 3 aromatic carbocycles. The van der Waals surface area contributed by atoms with E-state index < -0.39 is 0 Å². The standard InChI is InChI=1S/C28H26N8S/c1-20-18-25(33-35-27-14-15-28(37-27)36-16-2-3-17-36)12-13-26(20)34-32-24-10-8-23(9-11-24)31-30-22-6-4-21(19-29)5-7-22/h4-15,18,33,35H,2-3,16-17H2,1H3. The number of nitrogens with zero attached hydrogens (tertiary/aromatic N) is 6. The van der Waals surface area contributed by atoms with Crippen molar-refractivity contribution in [1.82, 2.24) is 0 Å². The van der Waals surface area contributed by atoms with E-state index in [0.29, 0.717) is 16.9 Å². The Morgan fingerprint density at radius 3 is 2.00 bits per heavy atom. The van der Waals surface area contributed by atoms with Gasteiger partial charge in [0.2, 0.25) is 0 Å². The number of nitrogens with one attached hydrogen (secondary N) is 2. The molecule has 5 rings (SSSR count). The molecule has 8 nitrogen and oxygen atoms in total. The topological polar surface area (TPSA) is 101 Å². The van der Waals surface area contributed by atoms with Crippen molar-refractivity contribution in [2.45, 2.75) is 19.8 Å². The second-order valence-electron chi connectivity index (χ2n) is 8.66. The summed E-state index contributed by atoms with van der Waals surface area (Å²) in [5.41, 5.74) is 12.1. The van der Waals surface area contributed by atoms with Gasteiger partial charge >= 0.3 is 0 Å². The third-order valence-corrected chi connectivity index (χ3v) is 7.00. The van der Waals surface area contributed by atoms with Gasteiger partial charge in [0.15, 0.2) is 0 Å². The number of hydrazine groups is 1. The van der Waals surface area contributed by atoms with Gasteiger partial charge in [-0.25, -0.2) is 0 Å². The van der Waals surface area contributed by atoms with Crippen molar-refractivity contribution < 1.29 is 0 Å². The fourth-order valence-corrected chi connectivity index (χ4v) is 4.81. The molecule has 1 aliphatic heterocycles. The number of azo groups is 2. The number of hydrogen-bond donors (Lipinski definition) is 2. The zero-order valence-corrected chi connectivity index (χ0v) is 21.2. The summed E-state index contributed by atoms with van der Waals surface area (Å²) in [4.78, 5) is 2.44. The molecule has 1 aliphatic rings. The van der Waals surface area contributed by atoms with Crippen LogP contribution < -0.4 is 15.8 Å². The third-order valence-electron chi connectivity index (χ3n) is 5.94. The Kier molecular flexibility index (Phi) is 7.48. The van der Waals surface area contributed by atoms with Gasteiger partial charge < -0.3 is 10.3 Å². The van der Waals surface area contributed by atoms with E-state index in [1.165, 1.54) is 17.8 Å². The molecule has 0 radical (unpaired) electrons. The molecule has 9 heteroatoms. The van der Waals surface area contributed by atoms with Crippen LogP contribution in [0.25, 0.3) is 0 Å². The Morgan fingerprint density at radius 2 is 1.38 bits per heavy atom. The molecular weight excluding hydrogens is 480 g/mol. The Morgan fingerprint density at radius 1 is 0.757 bits per heavy atom. The van der Waals surface area contributed by atoms with E-state index in [1.54, 1.807) is 35.6 Å². The minimum absolute atomic E-state index is 0.594. The number of thiophene rings is 1. The van der Waals surface area contributed by atoms with Crippen molar-refractivity contribution in [1.29, 1.82) is 5.26 Å². The molecule has 0 saturated carbocycles. The maximum absolute atomic E-state index is 8.87. The zero-order chi connectivity index (χ0) is 25.5.